The van der Waals surface area contributed by atoms with Crippen LogP contribution >= 0.6 is 0 Å². The van der Waals surface area contributed by atoms with Crippen LogP contribution in [0.5, 0.6) is 11.5 Å². The van der Waals surface area contributed by atoms with Gasteiger partial charge < -0.3 is 13.9 Å². The highest BCUT2D eigenvalue weighted by Crippen LogP contribution is 2.28. The molecule has 130 valence electrons. The number of ether oxygens (including phenoxy) is 2. The molecule has 0 unspecified atom stereocenters. The molecule has 0 aliphatic heterocycles. The molecular weight excluding hydrogens is 320 g/mol. The Labute approximate surface area is 146 Å². The minimum absolute atomic E-state index is 0.160. The topological polar surface area (TPSA) is 73.1 Å². The Bertz CT molecular complexity index is 815. The van der Waals surface area contributed by atoms with E-state index < -0.39 is 0 Å². The minimum Gasteiger partial charge on any atom is -0.490 e. The number of benzene rings is 1. The minimum atomic E-state index is -0.329. The number of carbonyl (C=O) groups is 1. The van der Waals surface area contributed by atoms with Crippen LogP contribution in [0.15, 0.2) is 33.8 Å². The molecule has 6 heteroatoms. The van der Waals surface area contributed by atoms with Crippen LogP contribution in [0, 0.1) is 26.2 Å². The van der Waals surface area contributed by atoms with Gasteiger partial charge in [0.1, 0.15) is 18.1 Å². The van der Waals surface area contributed by atoms with E-state index >= 15 is 0 Å². The normalized spacial score (nSPS) is 10.5. The molecule has 0 saturated heterocycles. The maximum atomic E-state index is 12.1. The standard InChI is InChI=1S/C19H20N2O4/c1-5-9-24-17-8-7-15(11-18(17)23-6-2)12-20-21-19(22)16-10-13(3)25-14(16)4/h1,7-8,10-12H,6,9H2,2-4H3,(H,21,22)/b20-12-. The van der Waals surface area contributed by atoms with E-state index in [1.165, 1.54) is 6.21 Å². The third kappa shape index (κ3) is 4.88. The number of amides is 1. The summed E-state index contributed by atoms with van der Waals surface area (Å²) in [4.78, 5) is 12.1. The van der Waals surface area contributed by atoms with Crippen LogP contribution in [-0.4, -0.2) is 25.3 Å². The van der Waals surface area contributed by atoms with Gasteiger partial charge in [0.25, 0.3) is 5.91 Å². The van der Waals surface area contributed by atoms with E-state index in [1.807, 2.05) is 6.92 Å². The average Bonchev–Trinajstić information content (AvgIpc) is 2.93. The van der Waals surface area contributed by atoms with Crippen molar-refractivity contribution in [2.24, 2.45) is 5.10 Å². The number of nitrogens with zero attached hydrogens (tertiary/aromatic N) is 1. The van der Waals surface area contributed by atoms with Gasteiger partial charge >= 0.3 is 0 Å². The molecule has 0 bridgehead atoms. The first-order valence-electron chi connectivity index (χ1n) is 7.78. The van der Waals surface area contributed by atoms with Crippen LogP contribution in [-0.2, 0) is 0 Å². The second-order valence-electron chi connectivity index (χ2n) is 5.16. The number of rotatable bonds is 7. The van der Waals surface area contributed by atoms with Crippen LogP contribution in [0.2, 0.25) is 0 Å². The molecule has 0 saturated carbocycles. The number of nitrogens with one attached hydrogen (secondary N) is 1. The van der Waals surface area contributed by atoms with Crippen LogP contribution < -0.4 is 14.9 Å². The van der Waals surface area contributed by atoms with Crippen molar-refractivity contribution >= 4 is 12.1 Å². The van der Waals surface area contributed by atoms with Crippen LogP contribution in [0.4, 0.5) is 0 Å². The second kappa shape index (κ2) is 8.60. The summed E-state index contributed by atoms with van der Waals surface area (Å²) in [5, 5.41) is 3.97. The van der Waals surface area contributed by atoms with Crippen molar-refractivity contribution in [1.29, 1.82) is 0 Å². The lowest BCUT2D eigenvalue weighted by Crippen LogP contribution is -2.17. The summed E-state index contributed by atoms with van der Waals surface area (Å²) in [6.45, 7) is 6.04. The molecule has 1 heterocycles. The molecule has 2 rings (SSSR count). The number of hydrazone groups is 1. The lowest BCUT2D eigenvalue weighted by Gasteiger charge is -2.10. The zero-order chi connectivity index (χ0) is 18.2. The molecule has 1 N–H and O–H groups in total. The monoisotopic (exact) mass is 340 g/mol. The Morgan fingerprint density at radius 1 is 1.32 bits per heavy atom. The Morgan fingerprint density at radius 3 is 2.76 bits per heavy atom. The first-order valence-corrected chi connectivity index (χ1v) is 7.78. The Morgan fingerprint density at radius 2 is 2.12 bits per heavy atom. The summed E-state index contributed by atoms with van der Waals surface area (Å²) in [5.41, 5.74) is 3.68. The van der Waals surface area contributed by atoms with Gasteiger partial charge in [-0.1, -0.05) is 5.92 Å². The molecule has 6 nitrogen and oxygen atoms in total. The second-order valence-corrected chi connectivity index (χ2v) is 5.16. The number of terminal acetylenes is 1. The van der Waals surface area contributed by atoms with Crippen LogP contribution in [0.3, 0.4) is 0 Å². The molecule has 0 aliphatic rings. The lowest BCUT2D eigenvalue weighted by molar-refractivity contribution is 0.0953. The van der Waals surface area contributed by atoms with E-state index in [1.54, 1.807) is 38.1 Å². The van der Waals surface area contributed by atoms with Gasteiger partial charge in [-0.3, -0.25) is 4.79 Å². The summed E-state index contributed by atoms with van der Waals surface area (Å²) in [5.74, 6) is 4.44. The molecule has 1 aromatic carbocycles. The van der Waals surface area contributed by atoms with Gasteiger partial charge in [0, 0.05) is 0 Å². The van der Waals surface area contributed by atoms with Crippen molar-refractivity contribution in [1.82, 2.24) is 5.43 Å². The molecule has 0 fully saturated rings. The Hall–Kier alpha value is -3.20. The number of furan rings is 1. The Kier molecular flexibility index (Phi) is 6.24. The first-order chi connectivity index (χ1) is 12.0. The highest BCUT2D eigenvalue weighted by atomic mass is 16.5. The summed E-state index contributed by atoms with van der Waals surface area (Å²) in [6.07, 6.45) is 6.72. The molecule has 25 heavy (non-hydrogen) atoms. The van der Waals surface area contributed by atoms with E-state index in [2.05, 4.69) is 16.4 Å². The first kappa shape index (κ1) is 18.1. The quantitative estimate of drug-likeness (QED) is 0.478. The van der Waals surface area contributed by atoms with Gasteiger partial charge in [-0.2, -0.15) is 5.10 Å². The summed E-state index contributed by atoms with van der Waals surface area (Å²) in [7, 11) is 0. The van der Waals surface area contributed by atoms with Gasteiger partial charge in [-0.05, 0) is 50.6 Å². The van der Waals surface area contributed by atoms with Crippen molar-refractivity contribution in [3.8, 4) is 23.8 Å². The van der Waals surface area contributed by atoms with E-state index in [9.17, 15) is 4.79 Å². The Balaban J connectivity index is 2.07. The molecule has 1 amide bonds. The van der Waals surface area contributed by atoms with E-state index in [0.717, 1.165) is 5.56 Å². The lowest BCUT2D eigenvalue weighted by atomic mass is 10.2. The number of aryl methyl sites for hydroxylation is 2. The molecule has 2 aromatic rings. The van der Waals surface area contributed by atoms with Crippen molar-refractivity contribution in [2.45, 2.75) is 20.8 Å². The maximum absolute atomic E-state index is 12.1. The predicted octanol–water partition coefficient (Wildman–Crippen LogP) is 3.07. The van der Waals surface area contributed by atoms with Crippen molar-refractivity contribution in [3.63, 3.8) is 0 Å². The van der Waals surface area contributed by atoms with E-state index in [4.69, 9.17) is 20.3 Å². The van der Waals surface area contributed by atoms with Crippen LogP contribution in [0.1, 0.15) is 34.4 Å². The number of hydrogen-bond donors (Lipinski definition) is 1. The SMILES string of the molecule is C#CCOc1ccc(/C=N\NC(=O)c2cc(C)oc2C)cc1OCC. The largest absolute Gasteiger partial charge is 0.490 e. The smallest absolute Gasteiger partial charge is 0.274 e. The van der Waals surface area contributed by atoms with Crippen molar-refractivity contribution < 1.29 is 18.7 Å². The summed E-state index contributed by atoms with van der Waals surface area (Å²) < 4.78 is 16.3. The summed E-state index contributed by atoms with van der Waals surface area (Å²) >= 11 is 0. The number of carbonyl (C=O) groups excluding carboxylic acids is 1. The summed E-state index contributed by atoms with van der Waals surface area (Å²) in [6, 6.07) is 6.97. The van der Waals surface area contributed by atoms with E-state index in [-0.39, 0.29) is 12.5 Å². The fourth-order valence-electron chi connectivity index (χ4n) is 2.19. The van der Waals surface area contributed by atoms with Crippen molar-refractivity contribution in [3.05, 3.63) is 46.9 Å². The molecule has 0 spiro atoms. The van der Waals surface area contributed by atoms with E-state index in [0.29, 0.717) is 35.2 Å². The average molecular weight is 340 g/mol. The molecule has 0 atom stereocenters. The third-order valence-corrected chi connectivity index (χ3v) is 3.24. The van der Waals surface area contributed by atoms with Gasteiger partial charge in [-0.25, -0.2) is 5.43 Å². The van der Waals surface area contributed by atoms with Gasteiger partial charge in [-0.15, -0.1) is 6.42 Å². The van der Waals surface area contributed by atoms with Crippen molar-refractivity contribution in [2.75, 3.05) is 13.2 Å². The molecule has 0 aliphatic carbocycles. The number of hydrogen-bond acceptors (Lipinski definition) is 5. The maximum Gasteiger partial charge on any atom is 0.274 e. The molecule has 1 aromatic heterocycles. The molecule has 0 radical (unpaired) electrons. The highest BCUT2D eigenvalue weighted by molar-refractivity contribution is 5.95. The van der Waals surface area contributed by atoms with Gasteiger partial charge in [0.15, 0.2) is 11.5 Å². The fourth-order valence-corrected chi connectivity index (χ4v) is 2.19. The fraction of sp³-hybridized carbons (Fsp3) is 0.263. The zero-order valence-electron chi connectivity index (χ0n) is 14.5. The third-order valence-electron chi connectivity index (χ3n) is 3.24. The van der Waals surface area contributed by atoms with Gasteiger partial charge in [0.2, 0.25) is 0 Å². The molecular formula is C19H20N2O4. The van der Waals surface area contributed by atoms with Crippen LogP contribution in [0.25, 0.3) is 0 Å². The highest BCUT2D eigenvalue weighted by Gasteiger charge is 2.12. The zero-order valence-corrected chi connectivity index (χ0v) is 14.5. The predicted molar refractivity (Wildman–Crippen MR) is 95.2 cm³/mol. The van der Waals surface area contributed by atoms with Gasteiger partial charge in [0.05, 0.1) is 18.4 Å².